The summed E-state index contributed by atoms with van der Waals surface area (Å²) in [5.41, 5.74) is -0.949. The molecule has 0 aromatic heterocycles. The van der Waals surface area contributed by atoms with Gasteiger partial charge in [-0.25, -0.2) is 0 Å². The normalized spacial score (nSPS) is 12.6. The lowest BCUT2D eigenvalue weighted by Gasteiger charge is -2.17. The molecule has 1 amide bonds. The number of carbonyl (C=O) groups is 1. The van der Waals surface area contributed by atoms with E-state index in [0.717, 1.165) is 24.6 Å². The van der Waals surface area contributed by atoms with Crippen LogP contribution in [-0.2, 0) is 11.0 Å². The minimum Gasteiger partial charge on any atom is -0.493 e. The molecule has 164 valence electrons. The number of ether oxygens (including phenoxy) is 2. The van der Waals surface area contributed by atoms with Crippen LogP contribution in [0.3, 0.4) is 0 Å². The molecule has 1 N–H and O–H groups in total. The molecular weight excluding hydrogens is 433 g/mol. The van der Waals surface area contributed by atoms with Gasteiger partial charge in [-0.3, -0.25) is 4.79 Å². The number of anilines is 1. The van der Waals surface area contributed by atoms with Gasteiger partial charge in [0.1, 0.15) is 11.6 Å². The number of hydrogen-bond donors (Lipinski definition) is 1. The highest BCUT2D eigenvalue weighted by Crippen LogP contribution is 2.38. The lowest BCUT2D eigenvalue weighted by Crippen LogP contribution is -2.14. The number of nitrogens with zero attached hydrogens (tertiary/aromatic N) is 1. The smallest absolute Gasteiger partial charge is 0.416 e. The maximum absolute atomic E-state index is 12.9. The molecule has 2 aromatic carbocycles. The number of hydrogen-bond acceptors (Lipinski definition) is 4. The Kier molecular flexibility index (Phi) is 7.95. The van der Waals surface area contributed by atoms with Crippen molar-refractivity contribution in [3.63, 3.8) is 0 Å². The van der Waals surface area contributed by atoms with E-state index >= 15 is 0 Å². The molecule has 1 atom stereocenters. The first-order valence-corrected chi connectivity index (χ1v) is 9.61. The Hall–Kier alpha value is -3.18. The van der Waals surface area contributed by atoms with Crippen molar-refractivity contribution in [2.75, 3.05) is 12.4 Å². The molecule has 5 nitrogen and oxygen atoms in total. The highest BCUT2D eigenvalue weighted by molar-refractivity contribution is 6.32. The van der Waals surface area contributed by atoms with Crippen LogP contribution in [0, 0.1) is 11.3 Å². The summed E-state index contributed by atoms with van der Waals surface area (Å²) in [7, 11) is 1.42. The summed E-state index contributed by atoms with van der Waals surface area (Å²) >= 11 is 6.29. The summed E-state index contributed by atoms with van der Waals surface area (Å²) in [6.07, 6.45) is -2.67. The Labute approximate surface area is 183 Å². The molecule has 0 fully saturated rings. The van der Waals surface area contributed by atoms with Crippen LogP contribution in [0.2, 0.25) is 5.02 Å². The van der Waals surface area contributed by atoms with Crippen LogP contribution in [0.4, 0.5) is 18.9 Å². The molecule has 2 aromatic rings. The van der Waals surface area contributed by atoms with Gasteiger partial charge in [0.2, 0.25) is 0 Å². The van der Waals surface area contributed by atoms with Crippen LogP contribution in [-0.4, -0.2) is 19.1 Å². The third kappa shape index (κ3) is 6.40. The molecule has 2 rings (SSSR count). The number of halogens is 4. The first-order valence-electron chi connectivity index (χ1n) is 9.23. The van der Waals surface area contributed by atoms with E-state index in [0.29, 0.717) is 17.1 Å². The Morgan fingerprint density at radius 3 is 2.61 bits per heavy atom. The fourth-order valence-corrected chi connectivity index (χ4v) is 2.77. The molecule has 0 saturated heterocycles. The van der Waals surface area contributed by atoms with Crippen molar-refractivity contribution in [3.05, 3.63) is 58.1 Å². The standard InChI is InChI=1S/C22H20ClF3N2O3/c1-4-13(2)31-20-18(23)9-14(10-19(20)30-3)8-15(12-27)21(29)28-17-7-5-6-16(11-17)22(24,25)26/h5-11,13H,4H2,1-3H3,(H,28,29)/b15-8-/t13-/m1/s1. The molecule has 0 aliphatic rings. The molecule has 0 spiro atoms. The van der Waals surface area contributed by atoms with Crippen LogP contribution >= 0.6 is 11.6 Å². The van der Waals surface area contributed by atoms with Gasteiger partial charge in [0.25, 0.3) is 5.91 Å². The zero-order chi connectivity index (χ0) is 23.2. The Bertz CT molecular complexity index is 1030. The minimum absolute atomic E-state index is 0.0890. The fraction of sp³-hybridized carbons (Fsp3) is 0.273. The van der Waals surface area contributed by atoms with Crippen molar-refractivity contribution < 1.29 is 27.4 Å². The molecule has 9 heteroatoms. The summed E-state index contributed by atoms with van der Waals surface area (Å²) in [4.78, 5) is 12.4. The van der Waals surface area contributed by atoms with E-state index in [2.05, 4.69) is 5.32 Å². The van der Waals surface area contributed by atoms with Gasteiger partial charge in [-0.15, -0.1) is 0 Å². The summed E-state index contributed by atoms with van der Waals surface area (Å²) < 4.78 is 49.6. The van der Waals surface area contributed by atoms with E-state index in [-0.39, 0.29) is 22.4 Å². The van der Waals surface area contributed by atoms with Crippen LogP contribution in [0.25, 0.3) is 6.08 Å². The van der Waals surface area contributed by atoms with E-state index in [9.17, 15) is 23.2 Å². The van der Waals surface area contributed by atoms with Crippen molar-refractivity contribution in [3.8, 4) is 17.6 Å². The van der Waals surface area contributed by atoms with Crippen LogP contribution in [0.15, 0.2) is 42.0 Å². The number of alkyl halides is 3. The van der Waals surface area contributed by atoms with E-state index < -0.39 is 17.6 Å². The predicted molar refractivity (Wildman–Crippen MR) is 112 cm³/mol. The van der Waals surface area contributed by atoms with E-state index in [1.54, 1.807) is 12.1 Å². The SMILES string of the molecule is CC[C@@H](C)Oc1c(Cl)cc(/C=C(/C#N)C(=O)Nc2cccc(C(F)(F)F)c2)cc1OC. The lowest BCUT2D eigenvalue weighted by atomic mass is 10.1. The second-order valence-corrected chi connectivity index (χ2v) is 6.98. The van der Waals surface area contributed by atoms with Gasteiger partial charge >= 0.3 is 6.18 Å². The highest BCUT2D eigenvalue weighted by Gasteiger charge is 2.30. The van der Waals surface area contributed by atoms with Crippen LogP contribution in [0.5, 0.6) is 11.5 Å². The highest BCUT2D eigenvalue weighted by atomic mass is 35.5. The van der Waals surface area contributed by atoms with Gasteiger partial charge < -0.3 is 14.8 Å². The third-order valence-corrected chi connectivity index (χ3v) is 4.55. The molecular formula is C22H20ClF3N2O3. The zero-order valence-corrected chi connectivity index (χ0v) is 17.8. The van der Waals surface area contributed by atoms with Crippen LogP contribution < -0.4 is 14.8 Å². The van der Waals surface area contributed by atoms with Crippen molar-refractivity contribution >= 4 is 29.3 Å². The van der Waals surface area contributed by atoms with Gasteiger partial charge in [-0.05, 0) is 55.3 Å². The molecule has 0 unspecified atom stereocenters. The second-order valence-electron chi connectivity index (χ2n) is 6.57. The minimum atomic E-state index is -4.55. The molecule has 0 radical (unpaired) electrons. The van der Waals surface area contributed by atoms with Gasteiger partial charge in [0.05, 0.1) is 23.8 Å². The number of carbonyl (C=O) groups excluding carboxylic acids is 1. The Morgan fingerprint density at radius 1 is 1.32 bits per heavy atom. The molecule has 0 bridgehead atoms. The first kappa shape index (κ1) is 24.1. The molecule has 31 heavy (non-hydrogen) atoms. The topological polar surface area (TPSA) is 71.3 Å². The zero-order valence-electron chi connectivity index (χ0n) is 17.0. The van der Waals surface area contributed by atoms with Gasteiger partial charge in [0, 0.05) is 5.69 Å². The monoisotopic (exact) mass is 452 g/mol. The molecule has 0 aliphatic heterocycles. The average molecular weight is 453 g/mol. The third-order valence-electron chi connectivity index (χ3n) is 4.27. The summed E-state index contributed by atoms with van der Waals surface area (Å²) in [5.74, 6) is -0.214. The van der Waals surface area contributed by atoms with Gasteiger partial charge in [-0.1, -0.05) is 24.6 Å². The van der Waals surface area contributed by atoms with Crippen molar-refractivity contribution in [2.45, 2.75) is 32.5 Å². The van der Waals surface area contributed by atoms with Gasteiger partial charge in [-0.2, -0.15) is 18.4 Å². The fourth-order valence-electron chi connectivity index (χ4n) is 2.51. The first-order chi connectivity index (χ1) is 14.6. The maximum atomic E-state index is 12.9. The number of nitriles is 1. The number of methoxy groups -OCH3 is 1. The Balaban J connectivity index is 2.32. The summed E-state index contributed by atoms with van der Waals surface area (Å²) in [6, 6.07) is 8.90. The number of rotatable bonds is 7. The average Bonchev–Trinajstić information content (AvgIpc) is 2.72. The predicted octanol–water partition coefficient (Wildman–Crippen LogP) is 6.09. The second kappa shape index (κ2) is 10.2. The van der Waals surface area contributed by atoms with E-state index in [1.807, 2.05) is 13.8 Å². The van der Waals surface area contributed by atoms with Crippen molar-refractivity contribution in [1.82, 2.24) is 0 Å². The quantitative estimate of drug-likeness (QED) is 0.407. The summed E-state index contributed by atoms with van der Waals surface area (Å²) in [6.45, 7) is 3.82. The van der Waals surface area contributed by atoms with Gasteiger partial charge in [0.15, 0.2) is 11.5 Å². The van der Waals surface area contributed by atoms with Crippen LogP contribution in [0.1, 0.15) is 31.4 Å². The van der Waals surface area contributed by atoms with E-state index in [4.69, 9.17) is 21.1 Å². The molecule has 0 heterocycles. The maximum Gasteiger partial charge on any atom is 0.416 e. The molecule has 0 saturated carbocycles. The number of nitrogens with one attached hydrogen (secondary N) is 1. The van der Waals surface area contributed by atoms with Crippen molar-refractivity contribution in [1.29, 1.82) is 5.26 Å². The number of amides is 1. The lowest BCUT2D eigenvalue weighted by molar-refractivity contribution is -0.137. The molecule has 0 aliphatic carbocycles. The Morgan fingerprint density at radius 2 is 2.03 bits per heavy atom. The van der Waals surface area contributed by atoms with E-state index in [1.165, 1.54) is 25.3 Å². The number of benzene rings is 2. The van der Waals surface area contributed by atoms with Crippen molar-refractivity contribution in [2.24, 2.45) is 0 Å². The summed E-state index contributed by atoms with van der Waals surface area (Å²) in [5, 5.41) is 11.9. The largest absolute Gasteiger partial charge is 0.493 e.